The van der Waals surface area contributed by atoms with Crippen LogP contribution in [0.2, 0.25) is 10.0 Å². The molecule has 0 radical (unpaired) electrons. The van der Waals surface area contributed by atoms with E-state index in [0.717, 1.165) is 10.2 Å². The molecule has 4 nitrogen and oxygen atoms in total. The first-order chi connectivity index (χ1) is 11.0. The highest BCUT2D eigenvalue weighted by molar-refractivity contribution is 7.22. The standard InChI is InChI=1S/C16H12Cl2N2O2S/c1-8(15(21)22)9-5-6-12(11(18)7-9)19-16-20-14-10(17)3-2-4-13(14)23-16/h2-8H,1H3,(H,19,20)(H,21,22). The molecule has 3 aromatic rings. The third-order valence-corrected chi connectivity index (χ3v) is 5.03. The zero-order valence-corrected chi connectivity index (χ0v) is 14.3. The summed E-state index contributed by atoms with van der Waals surface area (Å²) in [5.41, 5.74) is 2.07. The van der Waals surface area contributed by atoms with Crippen molar-refractivity contribution in [3.8, 4) is 0 Å². The van der Waals surface area contributed by atoms with Crippen LogP contribution in [0.1, 0.15) is 18.4 Å². The predicted molar refractivity (Wildman–Crippen MR) is 95.4 cm³/mol. The van der Waals surface area contributed by atoms with Gasteiger partial charge in [0.05, 0.1) is 26.4 Å². The largest absolute Gasteiger partial charge is 0.481 e. The van der Waals surface area contributed by atoms with Gasteiger partial charge in [-0.3, -0.25) is 4.79 Å². The van der Waals surface area contributed by atoms with E-state index in [2.05, 4.69) is 10.3 Å². The summed E-state index contributed by atoms with van der Waals surface area (Å²) in [6.45, 7) is 1.62. The molecule has 118 valence electrons. The van der Waals surface area contributed by atoms with Gasteiger partial charge in [0.1, 0.15) is 5.52 Å². The maximum Gasteiger partial charge on any atom is 0.310 e. The number of aliphatic carboxylic acids is 1. The van der Waals surface area contributed by atoms with Gasteiger partial charge in [-0.25, -0.2) is 4.98 Å². The number of nitrogens with zero attached hydrogens (tertiary/aromatic N) is 1. The van der Waals surface area contributed by atoms with E-state index in [1.807, 2.05) is 12.1 Å². The average Bonchev–Trinajstić information content (AvgIpc) is 2.92. The molecule has 0 spiro atoms. The maximum absolute atomic E-state index is 11.0. The van der Waals surface area contributed by atoms with Gasteiger partial charge in [-0.2, -0.15) is 0 Å². The third-order valence-electron chi connectivity index (χ3n) is 3.47. The molecular formula is C16H12Cl2N2O2S. The predicted octanol–water partition coefficient (Wildman–Crippen LogP) is 5.53. The summed E-state index contributed by atoms with van der Waals surface area (Å²) in [7, 11) is 0. The van der Waals surface area contributed by atoms with Gasteiger partial charge in [-0.15, -0.1) is 0 Å². The lowest BCUT2D eigenvalue weighted by molar-refractivity contribution is -0.138. The molecule has 1 heterocycles. The fourth-order valence-corrected chi connectivity index (χ4v) is 3.54. The Balaban J connectivity index is 1.90. The van der Waals surface area contributed by atoms with Gasteiger partial charge in [0.25, 0.3) is 0 Å². The molecule has 0 saturated carbocycles. The molecule has 0 aliphatic heterocycles. The molecule has 0 saturated heterocycles. The van der Waals surface area contributed by atoms with E-state index < -0.39 is 11.9 Å². The molecule has 2 N–H and O–H groups in total. The number of rotatable bonds is 4. The summed E-state index contributed by atoms with van der Waals surface area (Å²) >= 11 is 13.8. The molecule has 23 heavy (non-hydrogen) atoms. The number of aromatic nitrogens is 1. The summed E-state index contributed by atoms with van der Waals surface area (Å²) in [4.78, 5) is 15.5. The van der Waals surface area contributed by atoms with E-state index in [-0.39, 0.29) is 0 Å². The molecule has 7 heteroatoms. The highest BCUT2D eigenvalue weighted by Crippen LogP contribution is 2.34. The van der Waals surface area contributed by atoms with Crippen LogP contribution in [-0.4, -0.2) is 16.1 Å². The van der Waals surface area contributed by atoms with Crippen molar-refractivity contribution in [2.75, 3.05) is 5.32 Å². The first-order valence-corrected chi connectivity index (χ1v) is 8.37. The molecule has 0 aliphatic rings. The summed E-state index contributed by atoms with van der Waals surface area (Å²) in [6.07, 6.45) is 0. The summed E-state index contributed by atoms with van der Waals surface area (Å²) in [5.74, 6) is -1.50. The van der Waals surface area contributed by atoms with Crippen LogP contribution < -0.4 is 5.32 Å². The van der Waals surface area contributed by atoms with Crippen LogP contribution in [0.4, 0.5) is 10.8 Å². The minimum absolute atomic E-state index is 0.445. The van der Waals surface area contributed by atoms with E-state index in [4.69, 9.17) is 28.3 Å². The van der Waals surface area contributed by atoms with Crippen LogP contribution in [0.5, 0.6) is 0 Å². The monoisotopic (exact) mass is 366 g/mol. The Hall–Kier alpha value is -1.82. The fourth-order valence-electron chi connectivity index (χ4n) is 2.13. The Bertz CT molecular complexity index is 895. The molecule has 3 rings (SSSR count). The van der Waals surface area contributed by atoms with Gasteiger partial charge in [0.15, 0.2) is 5.13 Å². The molecule has 0 aliphatic carbocycles. The Morgan fingerprint density at radius 2 is 2.04 bits per heavy atom. The fraction of sp³-hybridized carbons (Fsp3) is 0.125. The van der Waals surface area contributed by atoms with Crippen LogP contribution in [-0.2, 0) is 4.79 Å². The summed E-state index contributed by atoms with van der Waals surface area (Å²) < 4.78 is 0.979. The van der Waals surface area contributed by atoms with Gasteiger partial charge < -0.3 is 10.4 Å². The Morgan fingerprint density at radius 1 is 1.26 bits per heavy atom. The third kappa shape index (κ3) is 3.27. The molecule has 1 unspecified atom stereocenters. The topological polar surface area (TPSA) is 62.2 Å². The van der Waals surface area contributed by atoms with Gasteiger partial charge in [0.2, 0.25) is 0 Å². The second-order valence-electron chi connectivity index (χ2n) is 5.03. The number of nitrogens with one attached hydrogen (secondary N) is 1. The number of carboxylic acid groups (broad SMARTS) is 1. The number of benzene rings is 2. The zero-order chi connectivity index (χ0) is 16.6. The van der Waals surface area contributed by atoms with Crippen molar-refractivity contribution in [2.45, 2.75) is 12.8 Å². The van der Waals surface area contributed by atoms with Gasteiger partial charge in [0, 0.05) is 0 Å². The van der Waals surface area contributed by atoms with Gasteiger partial charge >= 0.3 is 5.97 Å². The van der Waals surface area contributed by atoms with Crippen LogP contribution in [0.3, 0.4) is 0 Å². The number of halogens is 2. The van der Waals surface area contributed by atoms with Crippen LogP contribution >= 0.6 is 34.5 Å². The minimum Gasteiger partial charge on any atom is -0.481 e. The van der Waals surface area contributed by atoms with Crippen molar-refractivity contribution >= 4 is 61.5 Å². The zero-order valence-electron chi connectivity index (χ0n) is 12.0. The van der Waals surface area contributed by atoms with Crippen molar-refractivity contribution in [1.82, 2.24) is 4.98 Å². The summed E-state index contributed by atoms with van der Waals surface area (Å²) in [5, 5.41) is 13.9. The van der Waals surface area contributed by atoms with E-state index in [9.17, 15) is 4.79 Å². The average molecular weight is 367 g/mol. The number of carboxylic acids is 1. The van der Waals surface area contributed by atoms with Gasteiger partial charge in [-0.05, 0) is 36.8 Å². The van der Waals surface area contributed by atoms with Gasteiger partial charge in [-0.1, -0.05) is 46.7 Å². The van der Waals surface area contributed by atoms with Crippen LogP contribution in [0.15, 0.2) is 36.4 Å². The number of para-hydroxylation sites is 1. The van der Waals surface area contributed by atoms with Crippen molar-refractivity contribution in [1.29, 1.82) is 0 Å². The lowest BCUT2D eigenvalue weighted by Gasteiger charge is -2.10. The minimum atomic E-state index is -0.886. The maximum atomic E-state index is 11.0. The lowest BCUT2D eigenvalue weighted by atomic mass is 10.0. The highest BCUT2D eigenvalue weighted by Gasteiger charge is 2.15. The molecular weight excluding hydrogens is 355 g/mol. The van der Waals surface area contributed by atoms with E-state index in [1.54, 1.807) is 31.2 Å². The molecule has 0 fully saturated rings. The van der Waals surface area contributed by atoms with Crippen LogP contribution in [0, 0.1) is 0 Å². The van der Waals surface area contributed by atoms with Crippen molar-refractivity contribution < 1.29 is 9.90 Å². The number of thiazole rings is 1. The van der Waals surface area contributed by atoms with Crippen molar-refractivity contribution in [3.05, 3.63) is 52.0 Å². The number of fused-ring (bicyclic) bond motifs is 1. The number of anilines is 2. The van der Waals surface area contributed by atoms with Crippen LogP contribution in [0.25, 0.3) is 10.2 Å². The molecule has 1 atom stereocenters. The first kappa shape index (κ1) is 16.1. The first-order valence-electron chi connectivity index (χ1n) is 6.80. The Morgan fingerprint density at radius 3 is 2.70 bits per heavy atom. The molecule has 0 bridgehead atoms. The lowest BCUT2D eigenvalue weighted by Crippen LogP contribution is -2.07. The highest BCUT2D eigenvalue weighted by atomic mass is 35.5. The molecule has 2 aromatic carbocycles. The number of hydrogen-bond donors (Lipinski definition) is 2. The van der Waals surface area contributed by atoms with E-state index >= 15 is 0 Å². The van der Waals surface area contributed by atoms with E-state index in [1.165, 1.54) is 11.3 Å². The normalized spacial score (nSPS) is 12.3. The van der Waals surface area contributed by atoms with Crippen molar-refractivity contribution in [3.63, 3.8) is 0 Å². The van der Waals surface area contributed by atoms with E-state index in [0.29, 0.717) is 26.4 Å². The van der Waals surface area contributed by atoms with Crippen molar-refractivity contribution in [2.24, 2.45) is 0 Å². The summed E-state index contributed by atoms with van der Waals surface area (Å²) in [6, 6.07) is 10.8. The number of hydrogen-bond acceptors (Lipinski definition) is 4. The second-order valence-corrected chi connectivity index (χ2v) is 6.87. The second kappa shape index (κ2) is 6.35. The molecule has 1 aromatic heterocycles. The Labute approximate surface area is 146 Å². The Kier molecular flexibility index (Phi) is 4.43. The SMILES string of the molecule is CC(C(=O)O)c1ccc(Nc2nc3c(Cl)cccc3s2)c(Cl)c1. The smallest absolute Gasteiger partial charge is 0.310 e. The molecule has 0 amide bonds. The quantitative estimate of drug-likeness (QED) is 0.636. The number of carbonyl (C=O) groups is 1.